The number of aromatic amines is 1. The van der Waals surface area contributed by atoms with Gasteiger partial charge in [-0.1, -0.05) is 18.2 Å². The van der Waals surface area contributed by atoms with Crippen molar-refractivity contribution in [2.45, 2.75) is 19.3 Å². The highest BCUT2D eigenvalue weighted by Crippen LogP contribution is 2.44. The fourth-order valence-electron chi connectivity index (χ4n) is 3.85. The summed E-state index contributed by atoms with van der Waals surface area (Å²) < 4.78 is 0. The summed E-state index contributed by atoms with van der Waals surface area (Å²) in [5.41, 5.74) is 2.00. The average Bonchev–Trinajstić information content (AvgIpc) is 3.16. The number of hydrogen-bond donors (Lipinski definition) is 2. The van der Waals surface area contributed by atoms with E-state index in [2.05, 4.69) is 4.98 Å². The van der Waals surface area contributed by atoms with Crippen LogP contribution in [-0.4, -0.2) is 40.0 Å². The van der Waals surface area contributed by atoms with Crippen LogP contribution in [0.1, 0.15) is 18.4 Å². The van der Waals surface area contributed by atoms with Crippen LogP contribution in [0.15, 0.2) is 30.5 Å². The van der Waals surface area contributed by atoms with Crippen LogP contribution in [0.5, 0.6) is 0 Å². The van der Waals surface area contributed by atoms with E-state index >= 15 is 0 Å². The Labute approximate surface area is 134 Å². The van der Waals surface area contributed by atoms with Crippen LogP contribution in [-0.2, 0) is 16.0 Å². The zero-order valence-electron chi connectivity index (χ0n) is 12.9. The standard InChI is InChI=1S/C18H20N2O3/c21-17(7-12-8-19-16-4-2-1-3-13(12)16)20-9-14(11-5-6-11)15(10-20)18(22)23/h1-4,8,11,14-15,19H,5-7,9-10H2,(H,22,23)/t14-,15+/m1/s1. The number of nitrogens with one attached hydrogen (secondary N) is 1. The summed E-state index contributed by atoms with van der Waals surface area (Å²) in [6.07, 6.45) is 4.43. The zero-order valence-corrected chi connectivity index (χ0v) is 12.9. The minimum atomic E-state index is -0.760. The molecule has 120 valence electrons. The smallest absolute Gasteiger partial charge is 0.308 e. The first-order valence-electron chi connectivity index (χ1n) is 8.19. The Kier molecular flexibility index (Phi) is 3.36. The highest BCUT2D eigenvalue weighted by Gasteiger charge is 2.46. The van der Waals surface area contributed by atoms with Gasteiger partial charge in [-0.15, -0.1) is 0 Å². The van der Waals surface area contributed by atoms with Gasteiger partial charge in [0.15, 0.2) is 0 Å². The third-order valence-electron chi connectivity index (χ3n) is 5.28. The van der Waals surface area contributed by atoms with Crippen molar-refractivity contribution in [1.82, 2.24) is 9.88 Å². The average molecular weight is 312 g/mol. The van der Waals surface area contributed by atoms with Crippen LogP contribution < -0.4 is 0 Å². The van der Waals surface area contributed by atoms with Crippen molar-refractivity contribution in [3.8, 4) is 0 Å². The number of fused-ring (bicyclic) bond motifs is 1. The van der Waals surface area contributed by atoms with Gasteiger partial charge in [-0.25, -0.2) is 0 Å². The first-order valence-corrected chi connectivity index (χ1v) is 8.19. The lowest BCUT2D eigenvalue weighted by Crippen LogP contribution is -2.31. The largest absolute Gasteiger partial charge is 0.481 e. The number of nitrogens with zero attached hydrogens (tertiary/aromatic N) is 1. The lowest BCUT2D eigenvalue weighted by Gasteiger charge is -2.16. The Bertz CT molecular complexity index is 762. The van der Waals surface area contributed by atoms with E-state index < -0.39 is 11.9 Å². The number of carbonyl (C=O) groups excluding carboxylic acids is 1. The molecule has 23 heavy (non-hydrogen) atoms. The third kappa shape index (κ3) is 2.60. The number of amides is 1. The number of benzene rings is 1. The Morgan fingerprint density at radius 3 is 2.74 bits per heavy atom. The number of rotatable bonds is 4. The van der Waals surface area contributed by atoms with E-state index in [0.29, 0.717) is 25.4 Å². The van der Waals surface area contributed by atoms with E-state index in [1.165, 1.54) is 0 Å². The summed E-state index contributed by atoms with van der Waals surface area (Å²) in [4.78, 5) is 29.0. The molecule has 0 unspecified atom stereocenters. The fourth-order valence-corrected chi connectivity index (χ4v) is 3.85. The van der Waals surface area contributed by atoms with Crippen molar-refractivity contribution < 1.29 is 14.7 Å². The van der Waals surface area contributed by atoms with Crippen LogP contribution in [0.2, 0.25) is 0 Å². The van der Waals surface area contributed by atoms with E-state index in [9.17, 15) is 14.7 Å². The van der Waals surface area contributed by atoms with Gasteiger partial charge in [0.05, 0.1) is 12.3 Å². The predicted octanol–water partition coefficient (Wildman–Crippen LogP) is 2.28. The molecule has 1 aromatic carbocycles. The second-order valence-electron chi connectivity index (χ2n) is 6.78. The van der Waals surface area contributed by atoms with Gasteiger partial charge in [0.2, 0.25) is 5.91 Å². The van der Waals surface area contributed by atoms with Gasteiger partial charge < -0.3 is 15.0 Å². The molecule has 4 rings (SSSR count). The lowest BCUT2D eigenvalue weighted by atomic mass is 9.92. The SMILES string of the molecule is O=C(O)[C@H]1CN(C(=O)Cc2c[nH]c3ccccc23)C[C@@H]1C1CC1. The Balaban J connectivity index is 1.50. The molecular weight excluding hydrogens is 292 g/mol. The Morgan fingerprint density at radius 1 is 1.22 bits per heavy atom. The van der Waals surface area contributed by atoms with Crippen LogP contribution in [0.4, 0.5) is 0 Å². The van der Waals surface area contributed by atoms with Crippen LogP contribution in [0.3, 0.4) is 0 Å². The molecule has 5 heteroatoms. The molecular formula is C18H20N2O3. The van der Waals surface area contributed by atoms with E-state index in [0.717, 1.165) is 29.3 Å². The summed E-state index contributed by atoms with van der Waals surface area (Å²) in [5, 5.41) is 10.5. The summed E-state index contributed by atoms with van der Waals surface area (Å²) in [6.45, 7) is 0.959. The number of aliphatic carboxylic acids is 1. The van der Waals surface area contributed by atoms with E-state index in [4.69, 9.17) is 0 Å². The summed E-state index contributed by atoms with van der Waals surface area (Å²) >= 11 is 0. The minimum Gasteiger partial charge on any atom is -0.481 e. The monoisotopic (exact) mass is 312 g/mol. The molecule has 0 radical (unpaired) electrons. The number of carboxylic acid groups (broad SMARTS) is 1. The quantitative estimate of drug-likeness (QED) is 0.909. The van der Waals surface area contributed by atoms with Gasteiger partial charge in [-0.05, 0) is 36.3 Å². The summed E-state index contributed by atoms with van der Waals surface area (Å²) in [5.74, 6) is -0.482. The molecule has 0 spiro atoms. The normalized spacial score (nSPS) is 24.3. The Hall–Kier alpha value is -2.30. The molecule has 2 aromatic rings. The first-order chi connectivity index (χ1) is 11.1. The van der Waals surface area contributed by atoms with Gasteiger partial charge in [-0.3, -0.25) is 9.59 Å². The lowest BCUT2D eigenvalue weighted by molar-refractivity contribution is -0.142. The van der Waals surface area contributed by atoms with Crippen molar-refractivity contribution in [3.05, 3.63) is 36.0 Å². The second-order valence-corrected chi connectivity index (χ2v) is 6.78. The van der Waals surface area contributed by atoms with Crippen molar-refractivity contribution >= 4 is 22.8 Å². The van der Waals surface area contributed by atoms with Crippen LogP contribution in [0.25, 0.3) is 10.9 Å². The van der Waals surface area contributed by atoms with Gasteiger partial charge >= 0.3 is 5.97 Å². The number of hydrogen-bond acceptors (Lipinski definition) is 2. The summed E-state index contributed by atoms with van der Waals surface area (Å²) in [7, 11) is 0. The van der Waals surface area contributed by atoms with Crippen molar-refractivity contribution in [1.29, 1.82) is 0 Å². The van der Waals surface area contributed by atoms with Gasteiger partial charge in [0.25, 0.3) is 0 Å². The third-order valence-corrected chi connectivity index (χ3v) is 5.28. The number of aromatic nitrogens is 1. The maximum absolute atomic E-state index is 12.6. The molecule has 1 aliphatic heterocycles. The molecule has 5 nitrogen and oxygen atoms in total. The molecule has 1 saturated heterocycles. The second kappa shape index (κ2) is 5.41. The molecule has 2 N–H and O–H groups in total. The first kappa shape index (κ1) is 14.3. The molecule has 1 saturated carbocycles. The predicted molar refractivity (Wildman–Crippen MR) is 85.9 cm³/mol. The van der Waals surface area contributed by atoms with Crippen molar-refractivity contribution in [2.75, 3.05) is 13.1 Å². The molecule has 2 heterocycles. The fraction of sp³-hybridized carbons (Fsp3) is 0.444. The van der Waals surface area contributed by atoms with Gasteiger partial charge in [0.1, 0.15) is 0 Å². The molecule has 2 atom stereocenters. The van der Waals surface area contributed by atoms with Crippen molar-refractivity contribution in [2.24, 2.45) is 17.8 Å². The molecule has 1 aromatic heterocycles. The van der Waals surface area contributed by atoms with E-state index in [1.54, 1.807) is 4.90 Å². The highest BCUT2D eigenvalue weighted by molar-refractivity contribution is 5.89. The number of carbonyl (C=O) groups is 2. The molecule has 2 fully saturated rings. The van der Waals surface area contributed by atoms with E-state index in [1.807, 2.05) is 30.5 Å². The minimum absolute atomic E-state index is 0.0316. The zero-order chi connectivity index (χ0) is 16.0. The number of likely N-dealkylation sites (tertiary alicyclic amines) is 1. The number of carboxylic acids is 1. The van der Waals surface area contributed by atoms with Gasteiger partial charge in [-0.2, -0.15) is 0 Å². The molecule has 0 bridgehead atoms. The summed E-state index contributed by atoms with van der Waals surface area (Å²) in [6, 6.07) is 7.92. The molecule has 1 aliphatic carbocycles. The van der Waals surface area contributed by atoms with Gasteiger partial charge in [0, 0.05) is 30.2 Å². The highest BCUT2D eigenvalue weighted by atomic mass is 16.4. The van der Waals surface area contributed by atoms with Crippen LogP contribution in [0, 0.1) is 17.8 Å². The van der Waals surface area contributed by atoms with Crippen LogP contribution >= 0.6 is 0 Å². The molecule has 1 amide bonds. The number of H-pyrrole nitrogens is 1. The van der Waals surface area contributed by atoms with E-state index in [-0.39, 0.29) is 11.8 Å². The maximum atomic E-state index is 12.6. The Morgan fingerprint density at radius 2 is 2.00 bits per heavy atom. The van der Waals surface area contributed by atoms with Crippen molar-refractivity contribution in [3.63, 3.8) is 0 Å². The maximum Gasteiger partial charge on any atom is 0.308 e. The topological polar surface area (TPSA) is 73.4 Å². The molecule has 2 aliphatic rings. The number of para-hydroxylation sites is 1.